The fourth-order valence-corrected chi connectivity index (χ4v) is 4.35. The van der Waals surface area contributed by atoms with Crippen molar-refractivity contribution in [3.05, 3.63) is 46.0 Å². The molecular weight excluding hydrogens is 418 g/mol. The molecule has 3 aromatic rings. The lowest BCUT2D eigenvalue weighted by molar-refractivity contribution is 0.00796. The lowest BCUT2D eigenvalue weighted by atomic mass is 10.0. The van der Waals surface area contributed by atoms with Crippen LogP contribution in [0.5, 0.6) is 5.88 Å². The molecule has 0 aliphatic carbocycles. The molecule has 4 heterocycles. The van der Waals surface area contributed by atoms with Crippen molar-refractivity contribution in [1.29, 1.82) is 0 Å². The normalized spacial score (nSPS) is 25.8. The monoisotopic (exact) mass is 436 g/mol. The molecule has 0 spiro atoms. The second-order valence-electron chi connectivity index (χ2n) is 7.74. The van der Waals surface area contributed by atoms with Crippen molar-refractivity contribution in [2.75, 3.05) is 13.2 Å². The first-order valence-electron chi connectivity index (χ1n) is 9.56. The molecule has 0 saturated carbocycles. The molecule has 158 valence electrons. The van der Waals surface area contributed by atoms with E-state index in [2.05, 4.69) is 9.97 Å². The van der Waals surface area contributed by atoms with Crippen LogP contribution < -0.4 is 4.74 Å². The summed E-state index contributed by atoms with van der Waals surface area (Å²) in [5, 5.41) is 10.1. The summed E-state index contributed by atoms with van der Waals surface area (Å²) in [7, 11) is 0. The highest BCUT2D eigenvalue weighted by Crippen LogP contribution is 2.38. The second-order valence-corrected chi connectivity index (χ2v) is 8.12. The van der Waals surface area contributed by atoms with Gasteiger partial charge in [-0.2, -0.15) is 0 Å². The Labute approximate surface area is 175 Å². The second kappa shape index (κ2) is 7.16. The standard InChI is InChI=1S/C21H19ClF2N2O4/c1-8-3-10(23)15(11(24)4-8)17-9(2)5-12-18(26-17)16(22)21(25-12)30-14-7-29-19-13(27)6-28-20(14)19/h3-5,13-14,19-20,25,27H,6-7H2,1-2H3/t13-,14-,19-,20-/m1/s1. The van der Waals surface area contributed by atoms with Gasteiger partial charge in [0, 0.05) is 0 Å². The summed E-state index contributed by atoms with van der Waals surface area (Å²) in [5.74, 6) is -1.10. The molecule has 30 heavy (non-hydrogen) atoms. The topological polar surface area (TPSA) is 76.6 Å². The summed E-state index contributed by atoms with van der Waals surface area (Å²) in [6, 6.07) is 4.26. The van der Waals surface area contributed by atoms with Gasteiger partial charge in [0.15, 0.2) is 6.10 Å². The molecule has 1 aromatic carbocycles. The highest BCUT2D eigenvalue weighted by Gasteiger charge is 2.48. The highest BCUT2D eigenvalue weighted by molar-refractivity contribution is 6.36. The van der Waals surface area contributed by atoms with Gasteiger partial charge < -0.3 is 24.3 Å². The molecule has 0 unspecified atom stereocenters. The molecule has 2 aliphatic heterocycles. The predicted octanol–water partition coefficient (Wildman–Crippen LogP) is 3.68. The minimum atomic E-state index is -0.687. The summed E-state index contributed by atoms with van der Waals surface area (Å²) in [4.78, 5) is 7.51. The van der Waals surface area contributed by atoms with E-state index in [1.165, 1.54) is 12.1 Å². The van der Waals surface area contributed by atoms with Crippen LogP contribution >= 0.6 is 11.6 Å². The molecule has 5 rings (SSSR count). The number of halogens is 3. The van der Waals surface area contributed by atoms with Gasteiger partial charge in [-0.15, -0.1) is 0 Å². The summed E-state index contributed by atoms with van der Waals surface area (Å²) < 4.78 is 46.1. The maximum absolute atomic E-state index is 14.5. The van der Waals surface area contributed by atoms with E-state index in [-0.39, 0.29) is 35.4 Å². The molecule has 2 fully saturated rings. The van der Waals surface area contributed by atoms with Crippen LogP contribution in [-0.2, 0) is 9.47 Å². The number of pyridine rings is 1. The van der Waals surface area contributed by atoms with Crippen LogP contribution in [0.25, 0.3) is 22.3 Å². The largest absolute Gasteiger partial charge is 0.469 e. The van der Waals surface area contributed by atoms with Gasteiger partial charge in [-0.25, -0.2) is 13.8 Å². The van der Waals surface area contributed by atoms with E-state index >= 15 is 0 Å². The number of hydrogen-bond acceptors (Lipinski definition) is 5. The summed E-state index contributed by atoms with van der Waals surface area (Å²) in [6.07, 6.45) is -1.97. The zero-order chi connectivity index (χ0) is 21.2. The quantitative estimate of drug-likeness (QED) is 0.655. The Morgan fingerprint density at radius 2 is 1.83 bits per heavy atom. The van der Waals surface area contributed by atoms with Crippen LogP contribution in [0.15, 0.2) is 18.2 Å². The molecule has 2 aliphatic rings. The van der Waals surface area contributed by atoms with Crippen LogP contribution in [0.2, 0.25) is 5.02 Å². The Balaban J connectivity index is 1.53. The molecular formula is C21H19ClF2N2O4. The van der Waals surface area contributed by atoms with Gasteiger partial charge in [-0.05, 0) is 43.2 Å². The number of nitrogens with zero attached hydrogens (tertiary/aromatic N) is 1. The van der Waals surface area contributed by atoms with Crippen LogP contribution in [-0.4, -0.2) is 52.7 Å². The lowest BCUT2D eigenvalue weighted by Gasteiger charge is -2.16. The van der Waals surface area contributed by atoms with Crippen molar-refractivity contribution in [1.82, 2.24) is 9.97 Å². The number of aryl methyl sites for hydroxylation is 2. The molecule has 2 N–H and O–H groups in total. The average molecular weight is 437 g/mol. The third kappa shape index (κ3) is 3.06. The Bertz CT molecular complexity index is 1130. The lowest BCUT2D eigenvalue weighted by Crippen LogP contribution is -2.34. The van der Waals surface area contributed by atoms with E-state index in [4.69, 9.17) is 25.8 Å². The van der Waals surface area contributed by atoms with E-state index in [9.17, 15) is 13.9 Å². The van der Waals surface area contributed by atoms with Crippen molar-refractivity contribution >= 4 is 22.6 Å². The van der Waals surface area contributed by atoms with Crippen LogP contribution in [0.4, 0.5) is 8.78 Å². The number of H-pyrrole nitrogens is 1. The molecule has 2 aromatic heterocycles. The smallest absolute Gasteiger partial charge is 0.213 e. The molecule has 2 saturated heterocycles. The van der Waals surface area contributed by atoms with Gasteiger partial charge in [0.25, 0.3) is 0 Å². The first-order valence-corrected chi connectivity index (χ1v) is 9.94. The minimum Gasteiger partial charge on any atom is -0.469 e. The number of aromatic nitrogens is 2. The first kappa shape index (κ1) is 19.7. The van der Waals surface area contributed by atoms with Gasteiger partial charge in [-0.1, -0.05) is 11.6 Å². The first-order chi connectivity index (χ1) is 14.3. The predicted molar refractivity (Wildman–Crippen MR) is 106 cm³/mol. The number of rotatable bonds is 3. The van der Waals surface area contributed by atoms with E-state index in [1.54, 1.807) is 19.9 Å². The van der Waals surface area contributed by atoms with Crippen molar-refractivity contribution < 1.29 is 28.1 Å². The Morgan fingerprint density at radius 3 is 2.57 bits per heavy atom. The molecule has 0 bridgehead atoms. The van der Waals surface area contributed by atoms with Crippen LogP contribution in [0.1, 0.15) is 11.1 Å². The number of aliphatic hydroxyl groups is 1. The van der Waals surface area contributed by atoms with Crippen molar-refractivity contribution in [3.63, 3.8) is 0 Å². The number of aliphatic hydroxyl groups excluding tert-OH is 1. The van der Waals surface area contributed by atoms with Crippen molar-refractivity contribution in [2.24, 2.45) is 0 Å². The third-order valence-corrected chi connectivity index (χ3v) is 5.89. The maximum Gasteiger partial charge on any atom is 0.213 e. The Kier molecular flexibility index (Phi) is 4.70. The third-order valence-electron chi connectivity index (χ3n) is 5.54. The zero-order valence-corrected chi connectivity index (χ0v) is 17.0. The van der Waals surface area contributed by atoms with Crippen molar-refractivity contribution in [2.45, 2.75) is 38.3 Å². The van der Waals surface area contributed by atoms with Crippen LogP contribution in [0.3, 0.4) is 0 Å². The van der Waals surface area contributed by atoms with E-state index in [0.717, 1.165) is 0 Å². The zero-order valence-electron chi connectivity index (χ0n) is 16.2. The number of fused-ring (bicyclic) bond motifs is 2. The maximum atomic E-state index is 14.5. The van der Waals surface area contributed by atoms with Gasteiger partial charge in [-0.3, -0.25) is 0 Å². The highest BCUT2D eigenvalue weighted by atomic mass is 35.5. The van der Waals surface area contributed by atoms with E-state index in [0.29, 0.717) is 22.2 Å². The fraction of sp³-hybridized carbons (Fsp3) is 0.381. The molecule has 0 radical (unpaired) electrons. The average Bonchev–Trinajstić information content (AvgIpc) is 3.32. The molecule has 9 heteroatoms. The fourth-order valence-electron chi connectivity index (χ4n) is 4.12. The van der Waals surface area contributed by atoms with Crippen molar-refractivity contribution in [3.8, 4) is 17.1 Å². The summed E-state index contributed by atoms with van der Waals surface area (Å²) >= 11 is 6.49. The molecule has 6 nitrogen and oxygen atoms in total. The Morgan fingerprint density at radius 1 is 1.13 bits per heavy atom. The van der Waals surface area contributed by atoms with E-state index in [1.807, 2.05) is 0 Å². The number of benzene rings is 1. The van der Waals surface area contributed by atoms with Crippen LogP contribution in [0, 0.1) is 25.5 Å². The number of hydrogen-bond donors (Lipinski definition) is 2. The van der Waals surface area contributed by atoms with E-state index < -0.39 is 36.1 Å². The Hall–Kier alpha value is -2.26. The number of aromatic amines is 1. The number of ether oxygens (including phenoxy) is 3. The summed E-state index contributed by atoms with van der Waals surface area (Å²) in [5.41, 5.74) is 1.97. The summed E-state index contributed by atoms with van der Waals surface area (Å²) in [6.45, 7) is 3.78. The van der Waals surface area contributed by atoms with Gasteiger partial charge in [0.1, 0.15) is 40.5 Å². The minimum absolute atomic E-state index is 0.177. The van der Waals surface area contributed by atoms with Gasteiger partial charge >= 0.3 is 0 Å². The van der Waals surface area contributed by atoms with Gasteiger partial charge in [0.2, 0.25) is 5.88 Å². The molecule has 4 atom stereocenters. The van der Waals surface area contributed by atoms with Gasteiger partial charge in [0.05, 0.1) is 30.0 Å². The number of nitrogens with one attached hydrogen (secondary N) is 1. The molecule has 0 amide bonds. The SMILES string of the molecule is Cc1cc(F)c(-c2nc3c(Cl)c(O[C@@H]4CO[C@H]5[C@@H]4OC[C@H]5O)[nH]c3cc2C)c(F)c1.